The minimum absolute atomic E-state index is 0.0467. The van der Waals surface area contributed by atoms with Crippen LogP contribution in [0.25, 0.3) is 0 Å². The van der Waals surface area contributed by atoms with Gasteiger partial charge in [-0.25, -0.2) is 0 Å². The van der Waals surface area contributed by atoms with Gasteiger partial charge in [-0.15, -0.1) is 0 Å². The highest BCUT2D eigenvalue weighted by Crippen LogP contribution is 2.40. The molecule has 0 N–H and O–H groups in total. The van der Waals surface area contributed by atoms with Crippen LogP contribution in [0.2, 0.25) is 6.55 Å². The Hall–Kier alpha value is -2.20. The molecule has 0 spiro atoms. The number of ether oxygens (including phenoxy) is 1. The summed E-state index contributed by atoms with van der Waals surface area (Å²) in [6.45, 7) is 2.25. The lowest BCUT2D eigenvalue weighted by atomic mass is 10.2. The van der Waals surface area contributed by atoms with Gasteiger partial charge in [0.1, 0.15) is 6.10 Å². The number of benzene rings is 3. The van der Waals surface area contributed by atoms with Crippen LogP contribution in [-0.2, 0) is 9.16 Å². The average Bonchev–Trinajstić information content (AvgIpc) is 3.43. The number of hydrogen-bond acceptors (Lipinski definition) is 2. The molecule has 1 aliphatic rings. The summed E-state index contributed by atoms with van der Waals surface area (Å²) in [6.07, 6.45) is -0.116. The first-order chi connectivity index (χ1) is 11.8. The maximum absolute atomic E-state index is 6.60. The van der Waals surface area contributed by atoms with Gasteiger partial charge >= 0.3 is 0 Å². The van der Waals surface area contributed by atoms with Gasteiger partial charge < -0.3 is 9.16 Å². The molecule has 3 aromatic rings. The van der Waals surface area contributed by atoms with E-state index >= 15 is 0 Å². The molecular formula is C21H20O2Si. The largest absolute Gasteiger partial charge is 0.381 e. The van der Waals surface area contributed by atoms with Crippen LogP contribution in [0.5, 0.6) is 0 Å². The average molecular weight is 332 g/mol. The monoisotopic (exact) mass is 332 g/mol. The molecule has 0 radical (unpaired) electrons. The van der Waals surface area contributed by atoms with Crippen molar-refractivity contribution in [3.63, 3.8) is 0 Å². The van der Waals surface area contributed by atoms with Gasteiger partial charge in [0.05, 0.1) is 0 Å². The molecule has 3 aromatic carbocycles. The van der Waals surface area contributed by atoms with Crippen molar-refractivity contribution in [2.75, 3.05) is 0 Å². The molecule has 1 saturated heterocycles. The molecule has 120 valence electrons. The van der Waals surface area contributed by atoms with E-state index in [1.807, 2.05) is 30.3 Å². The van der Waals surface area contributed by atoms with Crippen molar-refractivity contribution in [2.45, 2.75) is 18.9 Å². The van der Waals surface area contributed by atoms with Crippen molar-refractivity contribution in [1.82, 2.24) is 0 Å². The second-order valence-electron chi connectivity index (χ2n) is 6.22. The minimum Gasteiger partial charge on any atom is -0.381 e. The van der Waals surface area contributed by atoms with E-state index in [0.29, 0.717) is 0 Å². The van der Waals surface area contributed by atoms with Crippen LogP contribution in [0, 0.1) is 0 Å². The van der Waals surface area contributed by atoms with Gasteiger partial charge in [-0.2, -0.15) is 0 Å². The molecule has 4 rings (SSSR count). The second kappa shape index (κ2) is 6.36. The quantitative estimate of drug-likeness (QED) is 0.527. The molecular weight excluding hydrogens is 312 g/mol. The lowest BCUT2D eigenvalue weighted by Gasteiger charge is -2.27. The lowest BCUT2D eigenvalue weighted by Crippen LogP contribution is -2.58. The first-order valence-electron chi connectivity index (χ1n) is 8.27. The fourth-order valence-electron chi connectivity index (χ4n) is 3.11. The van der Waals surface area contributed by atoms with Crippen LogP contribution in [0.1, 0.15) is 11.7 Å². The van der Waals surface area contributed by atoms with Crippen LogP contribution in [-0.4, -0.2) is 14.6 Å². The lowest BCUT2D eigenvalue weighted by molar-refractivity contribution is 0.176. The Morgan fingerprint density at radius 2 is 1.17 bits per heavy atom. The molecule has 0 aromatic heterocycles. The molecule has 1 fully saturated rings. The summed E-state index contributed by atoms with van der Waals surface area (Å²) < 4.78 is 12.5. The van der Waals surface area contributed by atoms with E-state index in [-0.39, 0.29) is 12.4 Å². The van der Waals surface area contributed by atoms with E-state index in [4.69, 9.17) is 9.16 Å². The summed E-state index contributed by atoms with van der Waals surface area (Å²) in [6, 6.07) is 31.4. The van der Waals surface area contributed by atoms with E-state index in [0.717, 1.165) is 0 Å². The fraction of sp³-hybridized carbons (Fsp3) is 0.143. The van der Waals surface area contributed by atoms with Crippen molar-refractivity contribution in [3.05, 3.63) is 96.6 Å². The Morgan fingerprint density at radius 3 is 1.67 bits per heavy atom. The molecule has 0 aliphatic carbocycles. The van der Waals surface area contributed by atoms with Crippen molar-refractivity contribution >= 4 is 18.7 Å². The highest BCUT2D eigenvalue weighted by Gasteiger charge is 2.48. The highest BCUT2D eigenvalue weighted by molar-refractivity contribution is 6.96. The van der Waals surface area contributed by atoms with E-state index < -0.39 is 8.32 Å². The number of epoxide rings is 1. The summed E-state index contributed by atoms with van der Waals surface area (Å²) >= 11 is 0. The molecule has 1 aliphatic heterocycles. The first kappa shape index (κ1) is 15.3. The zero-order chi connectivity index (χ0) is 16.4. The third-order valence-corrected chi connectivity index (χ3v) is 8.15. The molecule has 24 heavy (non-hydrogen) atoms. The Labute approximate surface area is 143 Å². The summed E-state index contributed by atoms with van der Waals surface area (Å²) in [5, 5.41) is 2.53. The van der Waals surface area contributed by atoms with Crippen LogP contribution >= 0.6 is 0 Å². The predicted octanol–water partition coefficient (Wildman–Crippen LogP) is 3.49. The fourth-order valence-corrected chi connectivity index (χ4v) is 6.02. The van der Waals surface area contributed by atoms with E-state index in [1.54, 1.807) is 0 Å². The SMILES string of the molecule is C[Si](OC1OC1c1ccccc1)(c1ccccc1)c1ccccc1. The van der Waals surface area contributed by atoms with Crippen LogP contribution in [0.15, 0.2) is 91.0 Å². The maximum atomic E-state index is 6.60. The highest BCUT2D eigenvalue weighted by atomic mass is 28.4. The van der Waals surface area contributed by atoms with Gasteiger partial charge in [0.25, 0.3) is 8.32 Å². The van der Waals surface area contributed by atoms with Crippen molar-refractivity contribution in [1.29, 1.82) is 0 Å². The minimum atomic E-state index is -2.30. The smallest absolute Gasteiger partial charge is 0.256 e. The summed E-state index contributed by atoms with van der Waals surface area (Å²) in [5.74, 6) is 0. The van der Waals surface area contributed by atoms with Crippen molar-refractivity contribution in [2.24, 2.45) is 0 Å². The zero-order valence-corrected chi connectivity index (χ0v) is 14.6. The molecule has 0 saturated carbocycles. The third-order valence-electron chi connectivity index (χ3n) is 4.58. The summed E-state index contributed by atoms with van der Waals surface area (Å²) in [7, 11) is -2.30. The predicted molar refractivity (Wildman–Crippen MR) is 98.9 cm³/mol. The topological polar surface area (TPSA) is 21.8 Å². The molecule has 3 heteroatoms. The molecule has 2 atom stereocenters. The van der Waals surface area contributed by atoms with E-state index in [9.17, 15) is 0 Å². The van der Waals surface area contributed by atoms with E-state index in [2.05, 4.69) is 67.2 Å². The number of hydrogen-bond donors (Lipinski definition) is 0. The van der Waals surface area contributed by atoms with Gasteiger partial charge in [-0.1, -0.05) is 91.0 Å². The van der Waals surface area contributed by atoms with Gasteiger partial charge in [-0.05, 0) is 22.5 Å². The van der Waals surface area contributed by atoms with Gasteiger partial charge in [0.2, 0.25) is 0 Å². The van der Waals surface area contributed by atoms with Gasteiger partial charge in [0, 0.05) is 0 Å². The Balaban J connectivity index is 1.63. The van der Waals surface area contributed by atoms with Gasteiger partial charge in [-0.3, -0.25) is 0 Å². The molecule has 0 bridgehead atoms. The zero-order valence-electron chi connectivity index (χ0n) is 13.6. The van der Waals surface area contributed by atoms with Gasteiger partial charge in [0.15, 0.2) is 6.29 Å². The standard InChI is InChI=1S/C21H20O2Si/c1-24(18-13-7-3-8-14-18,19-15-9-4-10-16-19)23-21-20(22-21)17-11-5-2-6-12-17/h2-16,20-21H,1H3. The molecule has 0 amide bonds. The van der Waals surface area contributed by atoms with Crippen LogP contribution in [0.3, 0.4) is 0 Å². The molecule has 2 nitrogen and oxygen atoms in total. The summed E-state index contributed by atoms with van der Waals surface area (Å²) in [5.41, 5.74) is 1.18. The first-order valence-corrected chi connectivity index (χ1v) is 10.7. The Morgan fingerprint density at radius 1 is 0.708 bits per heavy atom. The van der Waals surface area contributed by atoms with Crippen molar-refractivity contribution < 1.29 is 9.16 Å². The molecule has 2 unspecified atom stereocenters. The maximum Gasteiger partial charge on any atom is 0.256 e. The van der Waals surface area contributed by atoms with Crippen molar-refractivity contribution in [3.8, 4) is 0 Å². The second-order valence-corrected chi connectivity index (χ2v) is 9.68. The summed E-state index contributed by atoms with van der Waals surface area (Å²) in [4.78, 5) is 0. The van der Waals surface area contributed by atoms with Crippen LogP contribution in [0.4, 0.5) is 0 Å². The van der Waals surface area contributed by atoms with Crippen LogP contribution < -0.4 is 10.4 Å². The normalized spacial score (nSPS) is 19.9. The van der Waals surface area contributed by atoms with E-state index in [1.165, 1.54) is 15.9 Å². The Kier molecular flexibility index (Phi) is 4.06. The Bertz CT molecular complexity index is 750. The third kappa shape index (κ3) is 2.94. The molecule has 1 heterocycles. The number of rotatable bonds is 5.